The molecular formula is C14H10NO. The van der Waals surface area contributed by atoms with Gasteiger partial charge in [0.1, 0.15) is 0 Å². The van der Waals surface area contributed by atoms with Crippen LogP contribution in [-0.4, -0.2) is 6.08 Å². The number of rotatable bonds is 3. The molecule has 0 aromatic heterocycles. The third-order valence-electron chi connectivity index (χ3n) is 2.25. The van der Waals surface area contributed by atoms with Crippen molar-refractivity contribution in [3.05, 3.63) is 77.8 Å². The topological polar surface area (TPSA) is 29.4 Å². The number of hydrogen-bond donors (Lipinski definition) is 0. The Hall–Kier alpha value is -2.18. The van der Waals surface area contributed by atoms with Crippen LogP contribution in [0.1, 0.15) is 11.1 Å². The average molecular weight is 208 g/mol. The molecule has 1 radical (unpaired) electrons. The van der Waals surface area contributed by atoms with Crippen LogP contribution < -0.4 is 0 Å². The van der Waals surface area contributed by atoms with Gasteiger partial charge in [-0.05, 0) is 11.1 Å². The Balaban J connectivity index is 2.43. The van der Waals surface area contributed by atoms with Crippen molar-refractivity contribution < 1.29 is 4.79 Å². The summed E-state index contributed by atoms with van der Waals surface area (Å²) >= 11 is 0. The standard InChI is InChI=1S/C14H10NO/c16-11-15-14(12-7-3-1-4-8-12)13-9-5-2-6-10-13/h1-10H. The van der Waals surface area contributed by atoms with Gasteiger partial charge in [0.25, 0.3) is 0 Å². The lowest BCUT2D eigenvalue weighted by atomic mass is 10.00. The molecule has 0 bridgehead atoms. The summed E-state index contributed by atoms with van der Waals surface area (Å²) in [5.74, 6) is 0. The number of carbonyl (C=O) groups excluding carboxylic acids is 1. The molecule has 0 unspecified atom stereocenters. The molecule has 0 heterocycles. The quantitative estimate of drug-likeness (QED) is 0.563. The van der Waals surface area contributed by atoms with Gasteiger partial charge in [0.05, 0.1) is 0 Å². The van der Waals surface area contributed by atoms with Crippen molar-refractivity contribution in [2.75, 3.05) is 0 Å². The van der Waals surface area contributed by atoms with E-state index in [4.69, 9.17) is 0 Å². The van der Waals surface area contributed by atoms with Gasteiger partial charge in [-0.15, -0.1) is 0 Å². The van der Waals surface area contributed by atoms with Gasteiger partial charge in [-0.3, -0.25) is 0 Å². The predicted molar refractivity (Wildman–Crippen MR) is 62.5 cm³/mol. The number of isocyanates is 1. The summed E-state index contributed by atoms with van der Waals surface area (Å²) in [6.07, 6.45) is 1.60. The van der Waals surface area contributed by atoms with Crippen LogP contribution in [0.5, 0.6) is 0 Å². The monoisotopic (exact) mass is 208 g/mol. The van der Waals surface area contributed by atoms with Crippen molar-refractivity contribution in [3.8, 4) is 0 Å². The van der Waals surface area contributed by atoms with E-state index in [1.807, 2.05) is 60.7 Å². The summed E-state index contributed by atoms with van der Waals surface area (Å²) in [6, 6.07) is 19.8. The van der Waals surface area contributed by atoms with Gasteiger partial charge >= 0.3 is 0 Å². The van der Waals surface area contributed by atoms with Crippen LogP contribution in [0.15, 0.2) is 65.7 Å². The molecule has 0 spiro atoms. The third kappa shape index (κ3) is 2.25. The lowest BCUT2D eigenvalue weighted by Gasteiger charge is -2.09. The molecule has 2 nitrogen and oxygen atoms in total. The minimum Gasteiger partial charge on any atom is -0.211 e. The molecule has 0 N–H and O–H groups in total. The summed E-state index contributed by atoms with van der Waals surface area (Å²) in [5, 5.41) is 0. The Labute approximate surface area is 94.3 Å². The van der Waals surface area contributed by atoms with Crippen LogP contribution in [-0.2, 0) is 4.79 Å². The van der Waals surface area contributed by atoms with Crippen LogP contribution in [0.25, 0.3) is 0 Å². The zero-order chi connectivity index (χ0) is 11.2. The first-order valence-electron chi connectivity index (χ1n) is 4.97. The van der Waals surface area contributed by atoms with E-state index in [0.29, 0.717) is 6.04 Å². The predicted octanol–water partition coefficient (Wildman–Crippen LogP) is 2.95. The fourth-order valence-corrected chi connectivity index (χ4v) is 1.53. The summed E-state index contributed by atoms with van der Waals surface area (Å²) in [7, 11) is 0. The highest BCUT2D eigenvalue weighted by Gasteiger charge is 2.13. The smallest absolute Gasteiger partial charge is 0.211 e. The molecule has 2 aromatic carbocycles. The van der Waals surface area contributed by atoms with E-state index < -0.39 is 0 Å². The van der Waals surface area contributed by atoms with Gasteiger partial charge in [0.2, 0.25) is 6.08 Å². The molecule has 0 amide bonds. The largest absolute Gasteiger partial charge is 0.236 e. The Kier molecular flexibility index (Phi) is 3.27. The van der Waals surface area contributed by atoms with Gasteiger partial charge in [-0.25, -0.2) is 4.79 Å². The lowest BCUT2D eigenvalue weighted by Crippen LogP contribution is -1.98. The van der Waals surface area contributed by atoms with Gasteiger partial charge in [0, 0.05) is 0 Å². The Morgan fingerprint density at radius 2 is 1.25 bits per heavy atom. The second kappa shape index (κ2) is 5.06. The van der Waals surface area contributed by atoms with E-state index >= 15 is 0 Å². The Morgan fingerprint density at radius 1 is 0.812 bits per heavy atom. The van der Waals surface area contributed by atoms with E-state index in [0.717, 1.165) is 11.1 Å². The molecular weight excluding hydrogens is 198 g/mol. The van der Waals surface area contributed by atoms with E-state index in [2.05, 4.69) is 4.99 Å². The number of nitrogens with zero attached hydrogens (tertiary/aromatic N) is 1. The zero-order valence-corrected chi connectivity index (χ0v) is 8.63. The minimum absolute atomic E-state index is 0.649. The Morgan fingerprint density at radius 3 is 1.62 bits per heavy atom. The van der Waals surface area contributed by atoms with Crippen molar-refractivity contribution in [1.82, 2.24) is 0 Å². The molecule has 0 fully saturated rings. The third-order valence-corrected chi connectivity index (χ3v) is 2.25. The second-order valence-electron chi connectivity index (χ2n) is 3.28. The zero-order valence-electron chi connectivity index (χ0n) is 8.63. The van der Waals surface area contributed by atoms with E-state index in [-0.39, 0.29) is 0 Å². The molecule has 0 saturated carbocycles. The Bertz CT molecular complexity index is 447. The van der Waals surface area contributed by atoms with Crippen LogP contribution in [0.4, 0.5) is 0 Å². The highest BCUT2D eigenvalue weighted by molar-refractivity contribution is 5.50. The molecule has 2 heteroatoms. The molecule has 0 aliphatic carbocycles. The molecule has 16 heavy (non-hydrogen) atoms. The van der Waals surface area contributed by atoms with Gasteiger partial charge in [-0.2, -0.15) is 4.99 Å². The second-order valence-corrected chi connectivity index (χ2v) is 3.28. The van der Waals surface area contributed by atoms with Crippen molar-refractivity contribution in [1.29, 1.82) is 0 Å². The first-order chi connectivity index (χ1) is 7.92. The fourth-order valence-electron chi connectivity index (χ4n) is 1.53. The fraction of sp³-hybridized carbons (Fsp3) is 0. The van der Waals surface area contributed by atoms with Crippen LogP contribution in [0, 0.1) is 6.04 Å². The van der Waals surface area contributed by atoms with Crippen LogP contribution in [0.3, 0.4) is 0 Å². The summed E-state index contributed by atoms with van der Waals surface area (Å²) in [6.45, 7) is 0. The average Bonchev–Trinajstić information content (AvgIpc) is 2.38. The van der Waals surface area contributed by atoms with E-state index in [9.17, 15) is 4.79 Å². The van der Waals surface area contributed by atoms with Crippen molar-refractivity contribution in [2.45, 2.75) is 0 Å². The first-order valence-corrected chi connectivity index (χ1v) is 4.97. The van der Waals surface area contributed by atoms with E-state index in [1.165, 1.54) is 0 Å². The number of benzene rings is 2. The molecule has 77 valence electrons. The summed E-state index contributed by atoms with van der Waals surface area (Å²) in [4.78, 5) is 14.2. The van der Waals surface area contributed by atoms with Gasteiger partial charge < -0.3 is 0 Å². The summed E-state index contributed by atoms with van der Waals surface area (Å²) in [5.41, 5.74) is 1.83. The number of hydrogen-bond acceptors (Lipinski definition) is 2. The molecule has 2 aromatic rings. The van der Waals surface area contributed by atoms with Crippen molar-refractivity contribution >= 4 is 6.08 Å². The molecule has 2 rings (SSSR count). The maximum absolute atomic E-state index is 10.4. The molecule has 0 saturated heterocycles. The number of aliphatic imine (C=N–C) groups is 1. The molecule has 0 aliphatic heterocycles. The van der Waals surface area contributed by atoms with Crippen LogP contribution >= 0.6 is 0 Å². The van der Waals surface area contributed by atoms with Crippen molar-refractivity contribution in [2.24, 2.45) is 4.99 Å². The highest BCUT2D eigenvalue weighted by Crippen LogP contribution is 2.23. The molecule has 0 aliphatic rings. The molecule has 0 atom stereocenters. The van der Waals surface area contributed by atoms with Crippen molar-refractivity contribution in [3.63, 3.8) is 0 Å². The van der Waals surface area contributed by atoms with Crippen LogP contribution in [0.2, 0.25) is 0 Å². The highest BCUT2D eigenvalue weighted by atomic mass is 16.1. The van der Waals surface area contributed by atoms with Gasteiger partial charge in [0.15, 0.2) is 6.04 Å². The van der Waals surface area contributed by atoms with E-state index in [1.54, 1.807) is 6.08 Å². The maximum Gasteiger partial charge on any atom is 0.236 e. The SMILES string of the molecule is O=C=N[C](c1ccccc1)c1ccccc1. The first kappa shape index (κ1) is 10.3. The van der Waals surface area contributed by atoms with Gasteiger partial charge in [-0.1, -0.05) is 60.7 Å². The summed E-state index contributed by atoms with van der Waals surface area (Å²) < 4.78 is 0. The lowest BCUT2D eigenvalue weighted by molar-refractivity contribution is 0.564. The minimum atomic E-state index is 0.649. The normalized spacial score (nSPS) is 9.81. The maximum atomic E-state index is 10.4.